The molecule has 3 nitrogen and oxygen atoms in total. The summed E-state index contributed by atoms with van der Waals surface area (Å²) in [7, 11) is 1.60. The summed E-state index contributed by atoms with van der Waals surface area (Å²) in [5.74, 6) is 1.23. The monoisotopic (exact) mass is 283 g/mol. The zero-order valence-electron chi connectivity index (χ0n) is 11.8. The fraction of sp³-hybridized carbons (Fsp3) is 0.533. The molecular formula is C15H22ClNO2. The predicted molar refractivity (Wildman–Crippen MR) is 79.1 cm³/mol. The van der Waals surface area contributed by atoms with Crippen molar-refractivity contribution >= 4 is 17.5 Å². The van der Waals surface area contributed by atoms with Crippen molar-refractivity contribution in [2.24, 2.45) is 5.41 Å². The zero-order chi connectivity index (χ0) is 14.3. The number of benzene rings is 1. The maximum atomic E-state index is 12.0. The average molecular weight is 284 g/mol. The van der Waals surface area contributed by atoms with Crippen LogP contribution in [0, 0.1) is 5.41 Å². The lowest BCUT2D eigenvalue weighted by Crippen LogP contribution is -2.38. The van der Waals surface area contributed by atoms with Crippen LogP contribution >= 0.6 is 11.6 Å². The van der Waals surface area contributed by atoms with Gasteiger partial charge in [0.2, 0.25) is 0 Å². The third-order valence-electron chi connectivity index (χ3n) is 3.76. The fourth-order valence-electron chi connectivity index (χ4n) is 1.85. The summed E-state index contributed by atoms with van der Waals surface area (Å²) < 4.78 is 5.07. The van der Waals surface area contributed by atoms with Crippen LogP contribution in [0.25, 0.3) is 0 Å². The van der Waals surface area contributed by atoms with E-state index in [4.69, 9.17) is 16.3 Å². The summed E-state index contributed by atoms with van der Waals surface area (Å²) in [5.41, 5.74) is 0.625. The lowest BCUT2D eigenvalue weighted by Gasteiger charge is -2.29. The van der Waals surface area contributed by atoms with Gasteiger partial charge in [-0.2, -0.15) is 0 Å². The highest BCUT2D eigenvalue weighted by molar-refractivity contribution is 6.18. The number of hydrogen-bond donors (Lipinski definition) is 1. The molecule has 0 fully saturated rings. The maximum Gasteiger partial charge on any atom is 0.251 e. The highest BCUT2D eigenvalue weighted by Crippen LogP contribution is 2.27. The summed E-state index contributed by atoms with van der Waals surface area (Å²) in [4.78, 5) is 12.0. The van der Waals surface area contributed by atoms with Gasteiger partial charge in [0.1, 0.15) is 5.75 Å². The molecule has 0 aliphatic carbocycles. The molecule has 0 bridgehead atoms. The standard InChI is InChI=1S/C15H22ClNO2/c1-4-15(5-2,10-16)11-17-14(18)12-6-8-13(19-3)9-7-12/h6-9H,4-5,10-11H2,1-3H3,(H,17,18). The highest BCUT2D eigenvalue weighted by atomic mass is 35.5. The van der Waals surface area contributed by atoms with E-state index in [0.717, 1.165) is 18.6 Å². The van der Waals surface area contributed by atoms with E-state index in [1.54, 1.807) is 31.4 Å². The van der Waals surface area contributed by atoms with Crippen molar-refractivity contribution in [3.63, 3.8) is 0 Å². The third kappa shape index (κ3) is 4.13. The van der Waals surface area contributed by atoms with Crippen LogP contribution < -0.4 is 10.1 Å². The van der Waals surface area contributed by atoms with Crippen LogP contribution in [0.4, 0.5) is 0 Å². The SMILES string of the molecule is CCC(CC)(CCl)CNC(=O)c1ccc(OC)cc1. The number of ether oxygens (including phenoxy) is 1. The number of methoxy groups -OCH3 is 1. The van der Waals surface area contributed by atoms with Crippen LogP contribution in [0.1, 0.15) is 37.0 Å². The van der Waals surface area contributed by atoms with Gasteiger partial charge in [-0.05, 0) is 37.1 Å². The van der Waals surface area contributed by atoms with Crippen molar-refractivity contribution in [1.29, 1.82) is 0 Å². The Morgan fingerprint density at radius 1 is 1.26 bits per heavy atom. The topological polar surface area (TPSA) is 38.3 Å². The third-order valence-corrected chi connectivity index (χ3v) is 4.33. The Bertz CT molecular complexity index is 391. The molecule has 1 N–H and O–H groups in total. The fourth-order valence-corrected chi connectivity index (χ4v) is 2.32. The van der Waals surface area contributed by atoms with Crippen LogP contribution in [-0.4, -0.2) is 25.4 Å². The van der Waals surface area contributed by atoms with Crippen molar-refractivity contribution in [3.05, 3.63) is 29.8 Å². The summed E-state index contributed by atoms with van der Waals surface area (Å²) in [6.45, 7) is 4.81. The van der Waals surface area contributed by atoms with Gasteiger partial charge in [0, 0.05) is 23.4 Å². The molecule has 106 valence electrons. The Balaban J connectivity index is 2.63. The predicted octanol–water partition coefficient (Wildman–Crippen LogP) is 3.47. The molecule has 19 heavy (non-hydrogen) atoms. The van der Waals surface area contributed by atoms with Crippen LogP contribution in [-0.2, 0) is 0 Å². The Hall–Kier alpha value is -1.22. The van der Waals surface area contributed by atoms with E-state index in [0.29, 0.717) is 18.0 Å². The van der Waals surface area contributed by atoms with E-state index in [1.165, 1.54) is 0 Å². The number of halogens is 1. The smallest absolute Gasteiger partial charge is 0.251 e. The minimum atomic E-state index is -0.0703. The molecule has 0 spiro atoms. The molecule has 0 atom stereocenters. The molecule has 1 amide bonds. The van der Waals surface area contributed by atoms with Gasteiger partial charge in [-0.15, -0.1) is 11.6 Å². The van der Waals surface area contributed by atoms with Gasteiger partial charge >= 0.3 is 0 Å². The number of hydrogen-bond acceptors (Lipinski definition) is 2. The Labute approximate surface area is 120 Å². The van der Waals surface area contributed by atoms with Crippen molar-refractivity contribution in [1.82, 2.24) is 5.32 Å². The first-order chi connectivity index (χ1) is 9.10. The van der Waals surface area contributed by atoms with Gasteiger partial charge in [0.05, 0.1) is 7.11 Å². The van der Waals surface area contributed by atoms with Crippen molar-refractivity contribution < 1.29 is 9.53 Å². The number of carbonyl (C=O) groups is 1. The minimum absolute atomic E-state index is 0.0102. The molecule has 0 heterocycles. The number of carbonyl (C=O) groups excluding carboxylic acids is 1. The molecule has 0 unspecified atom stereocenters. The molecule has 1 aromatic carbocycles. The van der Waals surface area contributed by atoms with Crippen LogP contribution in [0.5, 0.6) is 5.75 Å². The molecule has 0 saturated carbocycles. The van der Waals surface area contributed by atoms with Crippen molar-refractivity contribution in [2.45, 2.75) is 26.7 Å². The van der Waals surface area contributed by atoms with Crippen LogP contribution in [0.15, 0.2) is 24.3 Å². The van der Waals surface area contributed by atoms with Gasteiger partial charge in [-0.3, -0.25) is 4.79 Å². The Morgan fingerprint density at radius 2 is 1.84 bits per heavy atom. The summed E-state index contributed by atoms with van der Waals surface area (Å²) in [6.07, 6.45) is 1.91. The molecule has 1 aromatic rings. The zero-order valence-corrected chi connectivity index (χ0v) is 12.6. The lowest BCUT2D eigenvalue weighted by atomic mass is 9.84. The number of amides is 1. The van der Waals surface area contributed by atoms with Gasteiger partial charge < -0.3 is 10.1 Å². The second-order valence-electron chi connectivity index (χ2n) is 4.75. The first kappa shape index (κ1) is 15.8. The largest absolute Gasteiger partial charge is 0.497 e. The molecule has 0 aromatic heterocycles. The Morgan fingerprint density at radius 3 is 2.26 bits per heavy atom. The van der Waals surface area contributed by atoms with Gasteiger partial charge in [0.15, 0.2) is 0 Å². The molecule has 1 rings (SSSR count). The van der Waals surface area contributed by atoms with Gasteiger partial charge in [-0.1, -0.05) is 13.8 Å². The number of nitrogens with one attached hydrogen (secondary N) is 1. The average Bonchev–Trinajstić information content (AvgIpc) is 2.49. The molecular weight excluding hydrogens is 262 g/mol. The van der Waals surface area contributed by atoms with Gasteiger partial charge in [0.25, 0.3) is 5.91 Å². The number of rotatable bonds is 7. The first-order valence-electron chi connectivity index (χ1n) is 6.59. The normalized spacial score (nSPS) is 11.2. The van der Waals surface area contributed by atoms with Crippen LogP contribution in [0.2, 0.25) is 0 Å². The highest BCUT2D eigenvalue weighted by Gasteiger charge is 2.25. The quantitative estimate of drug-likeness (QED) is 0.778. The van der Waals surface area contributed by atoms with E-state index in [-0.39, 0.29) is 11.3 Å². The second-order valence-corrected chi connectivity index (χ2v) is 5.02. The van der Waals surface area contributed by atoms with Gasteiger partial charge in [-0.25, -0.2) is 0 Å². The lowest BCUT2D eigenvalue weighted by molar-refractivity contribution is 0.0932. The Kier molecular flexibility index (Phi) is 6.16. The van der Waals surface area contributed by atoms with E-state index in [2.05, 4.69) is 19.2 Å². The maximum absolute atomic E-state index is 12.0. The number of alkyl halides is 1. The second kappa shape index (κ2) is 7.39. The van der Waals surface area contributed by atoms with Crippen molar-refractivity contribution in [2.75, 3.05) is 19.5 Å². The molecule has 0 aliphatic heterocycles. The van der Waals surface area contributed by atoms with E-state index < -0.39 is 0 Å². The minimum Gasteiger partial charge on any atom is -0.497 e. The van der Waals surface area contributed by atoms with E-state index in [1.807, 2.05) is 0 Å². The summed E-state index contributed by atoms with van der Waals surface area (Å²) >= 11 is 6.03. The molecule has 4 heteroatoms. The van der Waals surface area contributed by atoms with Crippen molar-refractivity contribution in [3.8, 4) is 5.75 Å². The van der Waals surface area contributed by atoms with Crippen LogP contribution in [0.3, 0.4) is 0 Å². The molecule has 0 saturated heterocycles. The molecule has 0 aliphatic rings. The van der Waals surface area contributed by atoms with E-state index >= 15 is 0 Å². The first-order valence-corrected chi connectivity index (χ1v) is 7.12. The summed E-state index contributed by atoms with van der Waals surface area (Å²) in [6, 6.07) is 7.08. The molecule has 0 radical (unpaired) electrons. The van der Waals surface area contributed by atoms with E-state index in [9.17, 15) is 4.79 Å². The summed E-state index contributed by atoms with van der Waals surface area (Å²) in [5, 5.41) is 2.97.